The van der Waals surface area contributed by atoms with Crippen molar-refractivity contribution in [3.8, 4) is 0 Å². The Morgan fingerprint density at radius 1 is 1.08 bits per heavy atom. The van der Waals surface area contributed by atoms with Gasteiger partial charge in [0.05, 0.1) is 10.6 Å². The Hall–Kier alpha value is -3.61. The van der Waals surface area contributed by atoms with Gasteiger partial charge in [0.15, 0.2) is 6.17 Å². The number of aromatic nitrogens is 2. The van der Waals surface area contributed by atoms with E-state index < -0.39 is 33.8 Å². The molecule has 1 saturated heterocycles. The number of halogens is 1. The highest BCUT2D eigenvalue weighted by atomic mass is 32.2. The van der Waals surface area contributed by atoms with Crippen molar-refractivity contribution in [3.63, 3.8) is 0 Å². The number of carbonyl (C=O) groups is 2. The van der Waals surface area contributed by atoms with Gasteiger partial charge in [0.25, 0.3) is 11.8 Å². The number of rotatable bonds is 7. The van der Waals surface area contributed by atoms with E-state index in [0.29, 0.717) is 12.2 Å². The van der Waals surface area contributed by atoms with Gasteiger partial charge in [0.1, 0.15) is 11.5 Å². The van der Waals surface area contributed by atoms with Gasteiger partial charge in [-0.1, -0.05) is 45.0 Å². The summed E-state index contributed by atoms with van der Waals surface area (Å²) in [5.74, 6) is -1.78. The molecule has 2 aromatic carbocycles. The first-order valence-corrected chi connectivity index (χ1v) is 14.0. The Kier molecular flexibility index (Phi) is 7.92. The fraction of sp³-hybridized carbons (Fsp3) is 0.370. The molecule has 1 aliphatic rings. The third kappa shape index (κ3) is 5.87. The van der Waals surface area contributed by atoms with Gasteiger partial charge in [-0.15, -0.1) is 0 Å². The molecule has 0 bridgehead atoms. The smallest absolute Gasteiger partial charge is 0.273 e. The molecule has 12 heteroatoms. The van der Waals surface area contributed by atoms with Crippen LogP contribution in [0.25, 0.3) is 0 Å². The fourth-order valence-corrected chi connectivity index (χ4v) is 5.96. The average Bonchev–Trinajstić information content (AvgIpc) is 3.52. The number of nitrogens with zero attached hydrogens (tertiary/aromatic N) is 4. The summed E-state index contributed by atoms with van der Waals surface area (Å²) in [6.45, 7) is 6.20. The molecule has 1 atom stereocenters. The van der Waals surface area contributed by atoms with Crippen LogP contribution in [0, 0.1) is 5.82 Å². The van der Waals surface area contributed by atoms with Crippen molar-refractivity contribution >= 4 is 21.8 Å². The van der Waals surface area contributed by atoms with Gasteiger partial charge in [-0.05, 0) is 41.5 Å². The summed E-state index contributed by atoms with van der Waals surface area (Å²) in [6.07, 6.45) is -1.46. The first kappa shape index (κ1) is 28.4. The van der Waals surface area contributed by atoms with E-state index in [1.165, 1.54) is 9.58 Å². The number of nitrogens with two attached hydrogens (primary N) is 1. The number of aryl methyl sites for hydroxylation is 1. The van der Waals surface area contributed by atoms with Crippen molar-refractivity contribution < 1.29 is 22.4 Å². The molecule has 1 fully saturated rings. The van der Waals surface area contributed by atoms with Crippen LogP contribution in [0.15, 0.2) is 59.5 Å². The number of benzene rings is 2. The van der Waals surface area contributed by atoms with E-state index in [4.69, 9.17) is 5.73 Å². The van der Waals surface area contributed by atoms with Crippen LogP contribution in [0.4, 0.5) is 4.39 Å². The van der Waals surface area contributed by atoms with Crippen LogP contribution in [0.3, 0.4) is 0 Å². The number of hydrogen-bond acceptors (Lipinski definition) is 6. The Morgan fingerprint density at radius 3 is 2.36 bits per heavy atom. The fourth-order valence-electron chi connectivity index (χ4n) is 4.41. The second-order valence-corrected chi connectivity index (χ2v) is 12.4. The van der Waals surface area contributed by atoms with Crippen molar-refractivity contribution in [2.75, 3.05) is 13.1 Å². The van der Waals surface area contributed by atoms with Gasteiger partial charge in [0, 0.05) is 38.6 Å². The average molecular weight is 557 g/mol. The number of amides is 2. The van der Waals surface area contributed by atoms with E-state index in [1.54, 1.807) is 13.1 Å². The van der Waals surface area contributed by atoms with E-state index >= 15 is 0 Å². The van der Waals surface area contributed by atoms with E-state index in [2.05, 4.69) is 10.4 Å². The Labute approximate surface area is 227 Å². The van der Waals surface area contributed by atoms with E-state index in [-0.39, 0.29) is 35.6 Å². The molecular weight excluding hydrogens is 523 g/mol. The van der Waals surface area contributed by atoms with Crippen LogP contribution in [-0.4, -0.2) is 58.5 Å². The van der Waals surface area contributed by atoms with Gasteiger partial charge in [-0.25, -0.2) is 12.8 Å². The van der Waals surface area contributed by atoms with Gasteiger partial charge in [0.2, 0.25) is 10.0 Å². The van der Waals surface area contributed by atoms with Crippen molar-refractivity contribution in [1.29, 1.82) is 0 Å². The predicted molar refractivity (Wildman–Crippen MR) is 143 cm³/mol. The molecule has 39 heavy (non-hydrogen) atoms. The molecule has 10 nitrogen and oxygen atoms in total. The molecule has 3 N–H and O–H groups in total. The molecule has 1 aliphatic heterocycles. The summed E-state index contributed by atoms with van der Waals surface area (Å²) in [4.78, 5) is 28.4. The molecule has 0 saturated carbocycles. The van der Waals surface area contributed by atoms with Crippen LogP contribution in [-0.2, 0) is 40.4 Å². The lowest BCUT2D eigenvalue weighted by atomic mass is 9.92. The highest BCUT2D eigenvalue weighted by Crippen LogP contribution is 2.28. The lowest BCUT2D eigenvalue weighted by Gasteiger charge is -2.28. The van der Waals surface area contributed by atoms with Crippen LogP contribution >= 0.6 is 0 Å². The monoisotopic (exact) mass is 556 g/mol. The molecule has 2 amide bonds. The van der Waals surface area contributed by atoms with Gasteiger partial charge in [-0.3, -0.25) is 14.3 Å². The van der Waals surface area contributed by atoms with Crippen molar-refractivity contribution in [2.45, 2.75) is 50.3 Å². The van der Waals surface area contributed by atoms with Crippen LogP contribution in [0.5, 0.6) is 0 Å². The molecule has 1 unspecified atom stereocenters. The second-order valence-electron chi connectivity index (χ2n) is 10.5. The highest BCUT2D eigenvalue weighted by Gasteiger charge is 2.47. The lowest BCUT2D eigenvalue weighted by Crippen LogP contribution is -2.53. The lowest BCUT2D eigenvalue weighted by molar-refractivity contribution is -0.127. The molecular formula is C27H33FN6O4S. The van der Waals surface area contributed by atoms with Crippen molar-refractivity contribution in [3.05, 3.63) is 82.9 Å². The number of sulfonamides is 1. The van der Waals surface area contributed by atoms with Gasteiger partial charge < -0.3 is 16.0 Å². The molecule has 1 aromatic heterocycles. The number of hydrogen-bond donors (Lipinski definition) is 2. The highest BCUT2D eigenvalue weighted by molar-refractivity contribution is 7.89. The minimum atomic E-state index is -4.25. The minimum absolute atomic E-state index is 0.0178. The van der Waals surface area contributed by atoms with E-state index in [1.807, 2.05) is 45.0 Å². The zero-order chi connectivity index (χ0) is 28.5. The molecule has 0 radical (unpaired) electrons. The third-order valence-corrected chi connectivity index (χ3v) is 8.47. The van der Waals surface area contributed by atoms with Crippen LogP contribution < -0.4 is 11.1 Å². The summed E-state index contributed by atoms with van der Waals surface area (Å²) in [5, 5.41) is 7.22. The van der Waals surface area contributed by atoms with Crippen molar-refractivity contribution in [1.82, 2.24) is 24.3 Å². The first-order valence-electron chi connectivity index (χ1n) is 12.5. The number of carbonyl (C=O) groups excluding carboxylic acids is 2. The largest absolute Gasteiger partial charge is 0.349 e. The maximum Gasteiger partial charge on any atom is 0.273 e. The molecule has 208 valence electrons. The first-order chi connectivity index (χ1) is 18.3. The van der Waals surface area contributed by atoms with Gasteiger partial charge >= 0.3 is 0 Å². The summed E-state index contributed by atoms with van der Waals surface area (Å²) in [7, 11) is -2.62. The Balaban J connectivity index is 1.68. The normalized spacial score (nSPS) is 16.5. The Bertz CT molecular complexity index is 1480. The molecule has 0 aliphatic carbocycles. The van der Waals surface area contributed by atoms with Crippen LogP contribution in [0.1, 0.15) is 48.1 Å². The van der Waals surface area contributed by atoms with E-state index in [0.717, 1.165) is 39.7 Å². The molecule has 0 spiro atoms. The summed E-state index contributed by atoms with van der Waals surface area (Å²) >= 11 is 0. The van der Waals surface area contributed by atoms with E-state index in [9.17, 15) is 22.4 Å². The maximum absolute atomic E-state index is 13.7. The zero-order valence-electron chi connectivity index (χ0n) is 22.4. The SMILES string of the molecule is Cn1nc(C(C)(C)C)cc1C(=O)N1CCN(S(=O)(=O)c2ccc(F)cc2)C1C(=O)NCc1cccc(CN)c1. The summed E-state index contributed by atoms with van der Waals surface area (Å²) in [6, 6.07) is 13.3. The summed E-state index contributed by atoms with van der Waals surface area (Å²) < 4.78 is 43.1. The predicted octanol–water partition coefficient (Wildman–Crippen LogP) is 2.10. The van der Waals surface area contributed by atoms with Crippen molar-refractivity contribution in [2.24, 2.45) is 12.8 Å². The molecule has 2 heterocycles. The quantitative estimate of drug-likeness (QED) is 0.458. The zero-order valence-corrected chi connectivity index (χ0v) is 23.2. The van der Waals surface area contributed by atoms with Crippen LogP contribution in [0.2, 0.25) is 0 Å². The molecule has 4 rings (SSSR count). The summed E-state index contributed by atoms with van der Waals surface area (Å²) in [5.41, 5.74) is 7.96. The third-order valence-electron chi connectivity index (χ3n) is 6.61. The van der Waals surface area contributed by atoms with Gasteiger partial charge in [-0.2, -0.15) is 9.40 Å². The minimum Gasteiger partial charge on any atom is -0.349 e. The maximum atomic E-state index is 13.7. The standard InChI is InChI=1S/C27H33FN6O4S/c1-27(2,3)23-15-22(32(4)31-23)26(36)33-12-13-34(39(37,38)21-10-8-20(28)9-11-21)25(33)24(35)30-17-19-7-5-6-18(14-19)16-29/h5-11,14-15,25H,12-13,16-17,29H2,1-4H3,(H,30,35). The number of nitrogens with one attached hydrogen (secondary N) is 1. The Morgan fingerprint density at radius 2 is 1.74 bits per heavy atom. The molecule has 3 aromatic rings. The second kappa shape index (κ2) is 10.9. The topological polar surface area (TPSA) is 131 Å².